The number of aromatic carboxylic acids is 2. The van der Waals surface area contributed by atoms with Gasteiger partial charge in [-0.15, -0.1) is 0 Å². The molecule has 1 aliphatic rings. The minimum absolute atomic E-state index is 0.190. The normalized spacial score (nSPS) is 12.3. The number of ether oxygens (including phenoxy) is 1. The SMILES string of the molecule is C1CO1.O=C(O)c1ccccc1C(=O)O. The lowest BCUT2D eigenvalue weighted by molar-refractivity contribution is 0.0651. The van der Waals surface area contributed by atoms with Crippen LogP contribution < -0.4 is 0 Å². The van der Waals surface area contributed by atoms with Gasteiger partial charge >= 0.3 is 11.9 Å². The van der Waals surface area contributed by atoms with Crippen molar-refractivity contribution >= 4 is 11.9 Å². The third-order valence-corrected chi connectivity index (χ3v) is 1.59. The molecule has 15 heavy (non-hydrogen) atoms. The van der Waals surface area contributed by atoms with Crippen LogP contribution >= 0.6 is 0 Å². The maximum atomic E-state index is 10.5. The molecule has 5 heteroatoms. The maximum Gasteiger partial charge on any atom is 0.336 e. The second-order valence-electron chi connectivity index (χ2n) is 2.77. The van der Waals surface area contributed by atoms with Gasteiger partial charge in [0.05, 0.1) is 24.3 Å². The average Bonchev–Trinajstić information content (AvgIpc) is 3.04. The van der Waals surface area contributed by atoms with Crippen molar-refractivity contribution in [2.24, 2.45) is 0 Å². The molecule has 1 aromatic carbocycles. The number of hydrogen-bond acceptors (Lipinski definition) is 3. The highest BCUT2D eigenvalue weighted by Gasteiger charge is 2.13. The van der Waals surface area contributed by atoms with Gasteiger partial charge in [-0.05, 0) is 12.1 Å². The second kappa shape index (κ2) is 5.11. The van der Waals surface area contributed by atoms with Crippen LogP contribution in [0.4, 0.5) is 0 Å². The molecule has 0 saturated carbocycles. The first-order valence-electron chi connectivity index (χ1n) is 4.26. The molecule has 5 nitrogen and oxygen atoms in total. The largest absolute Gasteiger partial charge is 0.478 e. The van der Waals surface area contributed by atoms with Gasteiger partial charge in [0, 0.05) is 0 Å². The summed E-state index contributed by atoms with van der Waals surface area (Å²) in [5.41, 5.74) is -0.380. The minimum Gasteiger partial charge on any atom is -0.478 e. The van der Waals surface area contributed by atoms with Gasteiger partial charge in [-0.2, -0.15) is 0 Å². The molecule has 0 atom stereocenters. The summed E-state index contributed by atoms with van der Waals surface area (Å²) in [6.45, 7) is 2.00. The molecule has 1 aromatic rings. The lowest BCUT2D eigenvalue weighted by Gasteiger charge is -1.98. The highest BCUT2D eigenvalue weighted by molar-refractivity contribution is 6.01. The fourth-order valence-corrected chi connectivity index (χ4v) is 0.856. The first-order chi connectivity index (χ1) is 7.13. The van der Waals surface area contributed by atoms with Crippen molar-refractivity contribution in [1.82, 2.24) is 0 Å². The van der Waals surface area contributed by atoms with Gasteiger partial charge in [-0.1, -0.05) is 12.1 Å². The van der Waals surface area contributed by atoms with E-state index in [9.17, 15) is 9.59 Å². The summed E-state index contributed by atoms with van der Waals surface area (Å²) < 4.78 is 4.50. The highest BCUT2D eigenvalue weighted by Crippen LogP contribution is 2.07. The molecule has 0 aromatic heterocycles. The Hall–Kier alpha value is -1.88. The first kappa shape index (κ1) is 11.2. The van der Waals surface area contributed by atoms with Crippen molar-refractivity contribution in [2.75, 3.05) is 13.2 Å². The Morgan fingerprint density at radius 1 is 1.00 bits per heavy atom. The Morgan fingerprint density at radius 3 is 1.53 bits per heavy atom. The topological polar surface area (TPSA) is 87.1 Å². The number of carboxylic acid groups (broad SMARTS) is 2. The number of carbonyl (C=O) groups is 2. The van der Waals surface area contributed by atoms with E-state index < -0.39 is 11.9 Å². The molecule has 0 unspecified atom stereocenters. The van der Waals surface area contributed by atoms with E-state index in [0.29, 0.717) is 0 Å². The van der Waals surface area contributed by atoms with Gasteiger partial charge in [0.2, 0.25) is 0 Å². The zero-order chi connectivity index (χ0) is 11.3. The third kappa shape index (κ3) is 3.78. The fourth-order valence-electron chi connectivity index (χ4n) is 0.856. The van der Waals surface area contributed by atoms with Crippen LogP contribution in [0.3, 0.4) is 0 Å². The summed E-state index contributed by atoms with van der Waals surface area (Å²) in [5, 5.41) is 17.1. The fraction of sp³-hybridized carbons (Fsp3) is 0.200. The zero-order valence-corrected chi connectivity index (χ0v) is 7.84. The summed E-state index contributed by atoms with van der Waals surface area (Å²) in [4.78, 5) is 20.9. The van der Waals surface area contributed by atoms with E-state index in [4.69, 9.17) is 10.2 Å². The molecule has 0 aliphatic carbocycles. The molecular formula is C10H10O5. The molecule has 0 radical (unpaired) electrons. The summed E-state index contributed by atoms with van der Waals surface area (Å²) in [7, 11) is 0. The maximum absolute atomic E-state index is 10.5. The Balaban J connectivity index is 0.000000319. The molecule has 80 valence electrons. The van der Waals surface area contributed by atoms with Gasteiger partial charge in [-0.3, -0.25) is 0 Å². The molecule has 1 aliphatic heterocycles. The smallest absolute Gasteiger partial charge is 0.336 e. The number of epoxide rings is 1. The first-order valence-corrected chi connectivity index (χ1v) is 4.26. The standard InChI is InChI=1S/C8H6O4.C2H4O/c9-7(10)5-3-1-2-4-6(5)8(11)12;1-2-3-1/h1-4H,(H,9,10)(H,11,12);1-2H2. The lowest BCUT2D eigenvalue weighted by atomic mass is 10.1. The summed E-state index contributed by atoms with van der Waals surface area (Å²) >= 11 is 0. The number of benzene rings is 1. The molecule has 2 rings (SSSR count). The Labute approximate surface area is 85.9 Å². The van der Waals surface area contributed by atoms with Gasteiger partial charge in [0.25, 0.3) is 0 Å². The van der Waals surface area contributed by atoms with Crippen molar-refractivity contribution in [3.05, 3.63) is 35.4 Å². The predicted molar refractivity (Wildman–Crippen MR) is 51.2 cm³/mol. The summed E-state index contributed by atoms with van der Waals surface area (Å²) in [5.74, 6) is -2.46. The van der Waals surface area contributed by atoms with E-state index in [1.807, 2.05) is 0 Å². The lowest BCUT2D eigenvalue weighted by Crippen LogP contribution is -2.06. The predicted octanol–water partition coefficient (Wildman–Crippen LogP) is 1.10. The van der Waals surface area contributed by atoms with Gasteiger partial charge in [0.1, 0.15) is 0 Å². The van der Waals surface area contributed by atoms with Crippen LogP contribution in [-0.2, 0) is 4.74 Å². The number of rotatable bonds is 2. The van der Waals surface area contributed by atoms with Crippen molar-refractivity contribution < 1.29 is 24.5 Å². The van der Waals surface area contributed by atoms with Gasteiger partial charge in [0.15, 0.2) is 0 Å². The average molecular weight is 210 g/mol. The van der Waals surface area contributed by atoms with Crippen LogP contribution in [0.5, 0.6) is 0 Å². The molecule has 2 N–H and O–H groups in total. The van der Waals surface area contributed by atoms with Gasteiger partial charge < -0.3 is 14.9 Å². The van der Waals surface area contributed by atoms with Crippen molar-refractivity contribution in [2.45, 2.75) is 0 Å². The molecule has 0 bridgehead atoms. The summed E-state index contributed by atoms with van der Waals surface area (Å²) in [6.07, 6.45) is 0. The molecule has 0 amide bonds. The Kier molecular flexibility index (Phi) is 3.82. The Bertz CT molecular complexity index is 334. The van der Waals surface area contributed by atoms with Crippen molar-refractivity contribution in [3.63, 3.8) is 0 Å². The number of hydrogen-bond donors (Lipinski definition) is 2. The van der Waals surface area contributed by atoms with Crippen molar-refractivity contribution in [1.29, 1.82) is 0 Å². The summed E-state index contributed by atoms with van der Waals surface area (Å²) in [6, 6.07) is 5.48. The quantitative estimate of drug-likeness (QED) is 0.713. The minimum atomic E-state index is -1.23. The van der Waals surface area contributed by atoms with E-state index in [1.54, 1.807) is 0 Å². The second-order valence-corrected chi connectivity index (χ2v) is 2.77. The molecule has 1 fully saturated rings. The Morgan fingerprint density at radius 2 is 1.33 bits per heavy atom. The highest BCUT2D eigenvalue weighted by atomic mass is 16.6. The van der Waals surface area contributed by atoms with E-state index >= 15 is 0 Å². The number of carboxylic acids is 2. The zero-order valence-electron chi connectivity index (χ0n) is 7.84. The molecule has 1 heterocycles. The van der Waals surface area contributed by atoms with Gasteiger partial charge in [-0.25, -0.2) is 9.59 Å². The van der Waals surface area contributed by atoms with E-state index in [0.717, 1.165) is 13.2 Å². The third-order valence-electron chi connectivity index (χ3n) is 1.59. The van der Waals surface area contributed by atoms with E-state index in [2.05, 4.69) is 4.74 Å². The van der Waals surface area contributed by atoms with Crippen LogP contribution in [0, 0.1) is 0 Å². The monoisotopic (exact) mass is 210 g/mol. The van der Waals surface area contributed by atoms with E-state index in [1.165, 1.54) is 24.3 Å². The molecule has 1 saturated heterocycles. The van der Waals surface area contributed by atoms with Crippen LogP contribution in [0.25, 0.3) is 0 Å². The van der Waals surface area contributed by atoms with Crippen molar-refractivity contribution in [3.8, 4) is 0 Å². The van der Waals surface area contributed by atoms with E-state index in [-0.39, 0.29) is 11.1 Å². The van der Waals surface area contributed by atoms with Crippen LogP contribution in [-0.4, -0.2) is 35.4 Å². The van der Waals surface area contributed by atoms with Crippen LogP contribution in [0.2, 0.25) is 0 Å². The molecular weight excluding hydrogens is 200 g/mol. The van der Waals surface area contributed by atoms with Crippen LogP contribution in [0.1, 0.15) is 20.7 Å². The van der Waals surface area contributed by atoms with Crippen LogP contribution in [0.15, 0.2) is 24.3 Å². The molecule has 0 spiro atoms.